The first-order valence-electron chi connectivity index (χ1n) is 10.6. The Morgan fingerprint density at radius 2 is 1.90 bits per heavy atom. The maximum atomic E-state index is 13.1. The number of nitrogens with one attached hydrogen (secondary N) is 2. The number of urea groups is 1. The summed E-state index contributed by atoms with van der Waals surface area (Å²) in [4.78, 5) is 27.4. The molecule has 1 fully saturated rings. The number of carbonyl (C=O) groups excluding carboxylic acids is 2. The SMILES string of the molecule is CC(C#N)(COCc1ccccc1)NC(=O)C(C[Si](C)(C)C)NC(=O)N1CCOCC1. The highest BCUT2D eigenvalue weighted by atomic mass is 28.3. The molecule has 0 bridgehead atoms. The van der Waals surface area contributed by atoms with Crippen LogP contribution in [0.1, 0.15) is 12.5 Å². The van der Waals surface area contributed by atoms with Gasteiger partial charge in [-0.05, 0) is 18.5 Å². The molecule has 1 aliphatic rings. The van der Waals surface area contributed by atoms with E-state index in [0.717, 1.165) is 5.56 Å². The fraction of sp³-hybridized carbons (Fsp3) is 0.591. The standard InChI is InChI=1S/C22H34N4O4Si/c1-22(16-23,17-30-14-18-8-6-5-7-9-18)25-20(27)19(15-31(2,3)4)24-21(28)26-10-12-29-13-11-26/h5-9,19H,10-15,17H2,1-4H3,(H,24,28)(H,25,27). The second kappa shape index (κ2) is 11.3. The molecule has 0 saturated carbocycles. The van der Waals surface area contributed by atoms with Crippen LogP contribution in [-0.2, 0) is 20.9 Å². The zero-order valence-corrected chi connectivity index (χ0v) is 19.9. The summed E-state index contributed by atoms with van der Waals surface area (Å²) in [6.07, 6.45) is 0. The predicted octanol–water partition coefficient (Wildman–Crippen LogP) is 2.35. The Morgan fingerprint density at radius 1 is 1.26 bits per heavy atom. The van der Waals surface area contributed by atoms with Crippen molar-refractivity contribution in [3.05, 3.63) is 35.9 Å². The van der Waals surface area contributed by atoms with E-state index in [1.807, 2.05) is 30.3 Å². The zero-order valence-electron chi connectivity index (χ0n) is 18.9. The van der Waals surface area contributed by atoms with Crippen LogP contribution in [0, 0.1) is 11.3 Å². The number of amides is 3. The molecule has 1 aromatic rings. The Bertz CT molecular complexity index is 772. The number of hydrogen-bond acceptors (Lipinski definition) is 5. The lowest BCUT2D eigenvalue weighted by atomic mass is 10.1. The van der Waals surface area contributed by atoms with Crippen molar-refractivity contribution in [3.63, 3.8) is 0 Å². The second-order valence-electron chi connectivity index (χ2n) is 9.28. The molecule has 170 valence electrons. The molecule has 2 N–H and O–H groups in total. The van der Waals surface area contributed by atoms with Crippen LogP contribution in [0.25, 0.3) is 0 Å². The lowest BCUT2D eigenvalue weighted by molar-refractivity contribution is -0.124. The van der Waals surface area contributed by atoms with E-state index in [2.05, 4.69) is 36.3 Å². The number of nitrogens with zero attached hydrogens (tertiary/aromatic N) is 2. The van der Waals surface area contributed by atoms with E-state index in [4.69, 9.17) is 9.47 Å². The number of hydrogen-bond donors (Lipinski definition) is 2. The van der Waals surface area contributed by atoms with Crippen molar-refractivity contribution in [2.24, 2.45) is 0 Å². The van der Waals surface area contributed by atoms with Crippen LogP contribution >= 0.6 is 0 Å². The highest BCUT2D eigenvalue weighted by molar-refractivity contribution is 6.76. The molecule has 2 unspecified atom stereocenters. The molecule has 31 heavy (non-hydrogen) atoms. The lowest BCUT2D eigenvalue weighted by Crippen LogP contribution is -2.59. The zero-order chi connectivity index (χ0) is 22.9. The van der Waals surface area contributed by atoms with Crippen LogP contribution in [0.15, 0.2) is 30.3 Å². The maximum Gasteiger partial charge on any atom is 0.318 e. The van der Waals surface area contributed by atoms with Gasteiger partial charge in [-0.15, -0.1) is 0 Å². The van der Waals surface area contributed by atoms with Gasteiger partial charge in [0.05, 0.1) is 32.5 Å². The van der Waals surface area contributed by atoms with Gasteiger partial charge in [0.25, 0.3) is 0 Å². The summed E-state index contributed by atoms with van der Waals surface area (Å²) in [7, 11) is -1.69. The Hall–Kier alpha value is -2.41. The van der Waals surface area contributed by atoms with E-state index in [1.54, 1.807) is 11.8 Å². The minimum Gasteiger partial charge on any atom is -0.378 e. The summed E-state index contributed by atoms with van der Waals surface area (Å²) in [5.41, 5.74) is -0.212. The fourth-order valence-electron chi connectivity index (χ4n) is 3.23. The van der Waals surface area contributed by atoms with Crippen LogP contribution in [-0.4, -0.2) is 69.4 Å². The molecule has 8 nitrogen and oxygen atoms in total. The predicted molar refractivity (Wildman–Crippen MR) is 121 cm³/mol. The van der Waals surface area contributed by atoms with Gasteiger partial charge in [-0.1, -0.05) is 50.0 Å². The van der Waals surface area contributed by atoms with E-state index < -0.39 is 19.7 Å². The average molecular weight is 447 g/mol. The molecular formula is C22H34N4O4Si. The normalized spacial score (nSPS) is 17.2. The fourth-order valence-corrected chi connectivity index (χ4v) is 4.74. The molecule has 0 spiro atoms. The van der Waals surface area contributed by atoms with Gasteiger partial charge in [-0.3, -0.25) is 4.79 Å². The minimum atomic E-state index is -1.69. The number of rotatable bonds is 9. The van der Waals surface area contributed by atoms with Gasteiger partial charge in [-0.25, -0.2) is 4.79 Å². The third-order valence-corrected chi connectivity index (χ3v) is 6.51. The molecule has 0 aliphatic carbocycles. The minimum absolute atomic E-state index is 0.0429. The van der Waals surface area contributed by atoms with Gasteiger partial charge in [0.2, 0.25) is 5.91 Å². The van der Waals surface area contributed by atoms with Gasteiger partial charge >= 0.3 is 6.03 Å². The van der Waals surface area contributed by atoms with Gasteiger partial charge in [0, 0.05) is 21.2 Å². The summed E-state index contributed by atoms with van der Waals surface area (Å²) in [6.45, 7) is 10.4. The molecule has 0 aromatic heterocycles. The first-order chi connectivity index (χ1) is 14.6. The molecule has 2 rings (SSSR count). The topological polar surface area (TPSA) is 104 Å². The van der Waals surface area contributed by atoms with Gasteiger partial charge < -0.3 is 25.0 Å². The van der Waals surface area contributed by atoms with Crippen molar-refractivity contribution in [2.75, 3.05) is 32.9 Å². The van der Waals surface area contributed by atoms with Crippen LogP contribution in [0.3, 0.4) is 0 Å². The summed E-state index contributed by atoms with van der Waals surface area (Å²) in [6, 6.07) is 11.4. The molecule has 1 saturated heterocycles. The molecule has 1 aromatic carbocycles. The Kier molecular flexibility index (Phi) is 9.04. The highest BCUT2D eigenvalue weighted by Gasteiger charge is 2.34. The first kappa shape index (κ1) is 24.9. The Labute approximate surface area is 185 Å². The van der Waals surface area contributed by atoms with Gasteiger partial charge in [0.15, 0.2) is 0 Å². The first-order valence-corrected chi connectivity index (χ1v) is 14.3. The van der Waals surface area contributed by atoms with Crippen LogP contribution in [0.2, 0.25) is 25.7 Å². The molecule has 0 radical (unpaired) electrons. The van der Waals surface area contributed by atoms with Crippen LogP contribution < -0.4 is 10.6 Å². The molecule has 1 heterocycles. The lowest BCUT2D eigenvalue weighted by Gasteiger charge is -2.32. The van der Waals surface area contributed by atoms with Crippen molar-refractivity contribution in [3.8, 4) is 6.07 Å². The summed E-state index contributed by atoms with van der Waals surface area (Å²) in [5.74, 6) is -0.364. The quantitative estimate of drug-likeness (QED) is 0.567. The van der Waals surface area contributed by atoms with Gasteiger partial charge in [0.1, 0.15) is 11.6 Å². The molecule has 1 aliphatic heterocycles. The van der Waals surface area contributed by atoms with Crippen LogP contribution in [0.5, 0.6) is 0 Å². The van der Waals surface area contributed by atoms with E-state index in [9.17, 15) is 14.9 Å². The van der Waals surface area contributed by atoms with E-state index >= 15 is 0 Å². The average Bonchev–Trinajstić information content (AvgIpc) is 2.73. The smallest absolute Gasteiger partial charge is 0.318 e. The second-order valence-corrected chi connectivity index (χ2v) is 14.8. The van der Waals surface area contributed by atoms with E-state index in [-0.39, 0.29) is 18.5 Å². The number of ether oxygens (including phenoxy) is 2. The Balaban J connectivity index is 1.99. The Morgan fingerprint density at radius 3 is 2.48 bits per heavy atom. The summed E-state index contributed by atoms with van der Waals surface area (Å²) < 4.78 is 11.0. The molecule has 2 atom stereocenters. The molecular weight excluding hydrogens is 412 g/mol. The monoisotopic (exact) mass is 446 g/mol. The molecule has 9 heteroatoms. The third-order valence-electron chi connectivity index (χ3n) is 4.88. The van der Waals surface area contributed by atoms with Crippen LogP contribution in [0.4, 0.5) is 4.79 Å². The summed E-state index contributed by atoms with van der Waals surface area (Å²) >= 11 is 0. The van der Waals surface area contributed by atoms with Crippen molar-refractivity contribution in [2.45, 2.75) is 50.8 Å². The van der Waals surface area contributed by atoms with Crippen molar-refractivity contribution >= 4 is 20.0 Å². The van der Waals surface area contributed by atoms with Crippen molar-refractivity contribution < 1.29 is 19.1 Å². The number of benzene rings is 1. The van der Waals surface area contributed by atoms with E-state index in [0.29, 0.717) is 39.0 Å². The third kappa shape index (κ3) is 8.69. The van der Waals surface area contributed by atoms with Gasteiger partial charge in [-0.2, -0.15) is 5.26 Å². The van der Waals surface area contributed by atoms with Crippen molar-refractivity contribution in [1.82, 2.24) is 15.5 Å². The van der Waals surface area contributed by atoms with Crippen molar-refractivity contribution in [1.29, 1.82) is 5.26 Å². The number of carbonyl (C=O) groups is 2. The molecule has 3 amide bonds. The summed E-state index contributed by atoms with van der Waals surface area (Å²) in [5, 5.41) is 15.4. The van der Waals surface area contributed by atoms with E-state index in [1.165, 1.54) is 0 Å². The highest BCUT2D eigenvalue weighted by Crippen LogP contribution is 2.15. The largest absolute Gasteiger partial charge is 0.378 e. The number of morpholine rings is 1. The number of nitriles is 1. The maximum absolute atomic E-state index is 13.1.